The maximum atomic E-state index is 14.3. The molecule has 0 aliphatic carbocycles. The van der Waals surface area contributed by atoms with Gasteiger partial charge in [-0.05, 0) is 36.4 Å². The van der Waals surface area contributed by atoms with E-state index in [1.54, 1.807) is 57.7 Å². The van der Waals surface area contributed by atoms with Crippen LogP contribution >= 0.6 is 0 Å². The van der Waals surface area contributed by atoms with E-state index in [-0.39, 0.29) is 11.4 Å². The van der Waals surface area contributed by atoms with Gasteiger partial charge in [-0.25, -0.2) is 0 Å². The van der Waals surface area contributed by atoms with Crippen LogP contribution in [0.1, 0.15) is 11.1 Å². The molecule has 5 aromatic carbocycles. The van der Waals surface area contributed by atoms with Crippen molar-refractivity contribution < 1.29 is 26.3 Å². The second-order valence-corrected chi connectivity index (χ2v) is 9.62. The maximum absolute atomic E-state index is 14.3. The zero-order valence-corrected chi connectivity index (χ0v) is 20.6. The lowest BCUT2D eigenvalue weighted by atomic mass is 10.0. The van der Waals surface area contributed by atoms with Crippen molar-refractivity contribution in [3.63, 3.8) is 0 Å². The van der Waals surface area contributed by atoms with Crippen molar-refractivity contribution in [3.05, 3.63) is 120 Å². The molecule has 0 saturated carbocycles. The molecule has 8 heteroatoms. The van der Waals surface area contributed by atoms with Crippen molar-refractivity contribution in [2.75, 3.05) is 0 Å². The molecule has 0 amide bonds. The van der Waals surface area contributed by atoms with Crippen LogP contribution in [-0.4, -0.2) is 9.13 Å². The zero-order valence-electron chi connectivity index (χ0n) is 20.6. The molecule has 7 rings (SSSR count). The van der Waals surface area contributed by atoms with Crippen molar-refractivity contribution in [3.8, 4) is 11.4 Å². The summed E-state index contributed by atoms with van der Waals surface area (Å²) in [6.45, 7) is 0. The van der Waals surface area contributed by atoms with Gasteiger partial charge in [-0.1, -0.05) is 72.8 Å². The van der Waals surface area contributed by atoms with Crippen LogP contribution < -0.4 is 0 Å². The Labute approximate surface area is 223 Å². The zero-order chi connectivity index (χ0) is 27.8. The molecular weight excluding hydrogens is 526 g/mol. The van der Waals surface area contributed by atoms with E-state index < -0.39 is 23.5 Å². The Bertz CT molecular complexity index is 1840. The predicted octanol–water partition coefficient (Wildman–Crippen LogP) is 9.92. The summed E-state index contributed by atoms with van der Waals surface area (Å²) in [4.78, 5) is 0. The van der Waals surface area contributed by atoms with E-state index in [2.05, 4.69) is 0 Å². The fourth-order valence-corrected chi connectivity index (χ4v) is 5.77. The second kappa shape index (κ2) is 8.39. The summed E-state index contributed by atoms with van der Waals surface area (Å²) in [5.41, 5.74) is -1.16. The highest BCUT2D eigenvalue weighted by atomic mass is 19.4. The van der Waals surface area contributed by atoms with Crippen molar-refractivity contribution in [2.45, 2.75) is 12.4 Å². The molecule has 0 atom stereocenters. The Morgan fingerprint density at radius 2 is 0.625 bits per heavy atom. The van der Waals surface area contributed by atoms with E-state index in [4.69, 9.17) is 0 Å². The second-order valence-electron chi connectivity index (χ2n) is 9.62. The van der Waals surface area contributed by atoms with Crippen LogP contribution in [0, 0.1) is 0 Å². The van der Waals surface area contributed by atoms with Gasteiger partial charge in [0.15, 0.2) is 0 Å². The van der Waals surface area contributed by atoms with E-state index in [0.29, 0.717) is 34.2 Å². The molecule has 0 spiro atoms. The van der Waals surface area contributed by atoms with Crippen LogP contribution in [-0.2, 0) is 12.4 Å². The van der Waals surface area contributed by atoms with Gasteiger partial charge in [-0.15, -0.1) is 0 Å². The van der Waals surface area contributed by atoms with E-state index in [1.165, 1.54) is 0 Å². The van der Waals surface area contributed by atoms with E-state index in [1.807, 2.05) is 48.5 Å². The Morgan fingerprint density at radius 1 is 0.375 bits per heavy atom. The minimum Gasteiger partial charge on any atom is -0.307 e. The third-order valence-corrected chi connectivity index (χ3v) is 7.37. The number of rotatable bonds is 2. The SMILES string of the molecule is FC(F)(F)c1cc(-n2c3ccccc3c3ccccc32)c(-n2c3ccccc3c3ccccc32)cc1C(F)(F)F. The van der Waals surface area contributed by atoms with Crippen molar-refractivity contribution >= 4 is 43.6 Å². The van der Waals surface area contributed by atoms with Gasteiger partial charge >= 0.3 is 12.4 Å². The number of nitrogens with zero attached hydrogens (tertiary/aromatic N) is 2. The summed E-state index contributed by atoms with van der Waals surface area (Å²) in [6, 6.07) is 30.0. The maximum Gasteiger partial charge on any atom is 0.417 e. The van der Waals surface area contributed by atoms with Crippen LogP contribution in [0.15, 0.2) is 109 Å². The van der Waals surface area contributed by atoms with Gasteiger partial charge in [0.25, 0.3) is 0 Å². The summed E-state index contributed by atoms with van der Waals surface area (Å²) < 4.78 is 89.0. The monoisotopic (exact) mass is 544 g/mol. The molecule has 2 heterocycles. The minimum absolute atomic E-state index is 0.00997. The van der Waals surface area contributed by atoms with Gasteiger partial charge in [0.05, 0.1) is 44.6 Å². The topological polar surface area (TPSA) is 9.86 Å². The lowest BCUT2D eigenvalue weighted by Crippen LogP contribution is -2.19. The van der Waals surface area contributed by atoms with Gasteiger partial charge in [0, 0.05) is 21.5 Å². The molecule has 0 bridgehead atoms. The molecular formula is C32H18F6N2. The average molecular weight is 544 g/mol. The number of benzene rings is 5. The molecule has 0 aliphatic rings. The first-order valence-electron chi connectivity index (χ1n) is 12.4. The van der Waals surface area contributed by atoms with Crippen LogP contribution in [0.25, 0.3) is 55.0 Å². The third kappa shape index (κ3) is 3.52. The van der Waals surface area contributed by atoms with Gasteiger partial charge in [0.2, 0.25) is 0 Å². The summed E-state index contributed by atoms with van der Waals surface area (Å²) in [5, 5.41) is 3.11. The van der Waals surface area contributed by atoms with E-state index in [0.717, 1.165) is 21.5 Å². The Hall–Kier alpha value is -4.72. The van der Waals surface area contributed by atoms with Crippen molar-refractivity contribution in [2.24, 2.45) is 0 Å². The van der Waals surface area contributed by atoms with Gasteiger partial charge in [0.1, 0.15) is 0 Å². The molecule has 0 radical (unpaired) electrons. The molecule has 0 aliphatic heterocycles. The number of para-hydroxylation sites is 4. The Morgan fingerprint density at radius 3 is 0.875 bits per heavy atom. The molecule has 198 valence electrons. The standard InChI is InChI=1S/C32H18F6N2/c33-31(34,35)23-17-29(39-25-13-5-1-9-19(25)20-10-2-6-14-26(20)39)30(18-24(23)32(36,37)38)40-27-15-7-3-11-21(27)22-12-4-8-16-28(22)40/h1-18H. The summed E-state index contributed by atoms with van der Waals surface area (Å²) >= 11 is 0. The lowest BCUT2D eigenvalue weighted by Gasteiger charge is -2.22. The Balaban J connectivity index is 1.73. The largest absolute Gasteiger partial charge is 0.417 e. The van der Waals surface area contributed by atoms with Crippen LogP contribution in [0.4, 0.5) is 26.3 Å². The molecule has 7 aromatic rings. The molecule has 0 fully saturated rings. The molecule has 0 unspecified atom stereocenters. The number of alkyl halides is 6. The Kier molecular flexibility index (Phi) is 5.10. The predicted molar refractivity (Wildman–Crippen MR) is 145 cm³/mol. The first-order valence-corrected chi connectivity index (χ1v) is 12.4. The van der Waals surface area contributed by atoms with Crippen LogP contribution in [0.3, 0.4) is 0 Å². The van der Waals surface area contributed by atoms with Gasteiger partial charge < -0.3 is 9.13 Å². The summed E-state index contributed by atoms with van der Waals surface area (Å²) in [5.74, 6) is 0. The summed E-state index contributed by atoms with van der Waals surface area (Å²) in [6.07, 6.45) is -10.5. The number of fused-ring (bicyclic) bond motifs is 6. The summed E-state index contributed by atoms with van der Waals surface area (Å²) in [7, 11) is 0. The quantitative estimate of drug-likeness (QED) is 0.192. The highest BCUT2D eigenvalue weighted by Gasteiger charge is 2.44. The van der Waals surface area contributed by atoms with Crippen molar-refractivity contribution in [1.82, 2.24) is 9.13 Å². The van der Waals surface area contributed by atoms with Gasteiger partial charge in [-0.2, -0.15) is 26.3 Å². The highest BCUT2D eigenvalue weighted by molar-refractivity contribution is 6.11. The van der Waals surface area contributed by atoms with Gasteiger partial charge in [-0.3, -0.25) is 0 Å². The number of hydrogen-bond acceptors (Lipinski definition) is 0. The van der Waals surface area contributed by atoms with E-state index >= 15 is 0 Å². The third-order valence-electron chi connectivity index (χ3n) is 7.37. The normalized spacial score (nSPS) is 12.8. The molecule has 2 nitrogen and oxygen atoms in total. The van der Waals surface area contributed by atoms with Crippen LogP contribution in [0.5, 0.6) is 0 Å². The molecule has 40 heavy (non-hydrogen) atoms. The molecule has 0 N–H and O–H groups in total. The first-order chi connectivity index (χ1) is 19.1. The number of halogens is 6. The number of hydrogen-bond donors (Lipinski definition) is 0. The van der Waals surface area contributed by atoms with Crippen LogP contribution in [0.2, 0.25) is 0 Å². The lowest BCUT2D eigenvalue weighted by molar-refractivity contribution is -0.162. The average Bonchev–Trinajstić information content (AvgIpc) is 3.44. The smallest absolute Gasteiger partial charge is 0.307 e. The molecule has 2 aromatic heterocycles. The number of aromatic nitrogens is 2. The van der Waals surface area contributed by atoms with E-state index in [9.17, 15) is 26.3 Å². The van der Waals surface area contributed by atoms with Crippen molar-refractivity contribution in [1.29, 1.82) is 0 Å². The minimum atomic E-state index is -5.24. The fourth-order valence-electron chi connectivity index (χ4n) is 5.77. The highest BCUT2D eigenvalue weighted by Crippen LogP contribution is 2.46. The molecule has 0 saturated heterocycles. The fraction of sp³-hybridized carbons (Fsp3) is 0.0625. The first kappa shape index (κ1) is 24.3.